The fourth-order valence-electron chi connectivity index (χ4n) is 3.24. The molecular formula is C16H25N5. The van der Waals surface area contributed by atoms with Crippen LogP contribution in [0.2, 0.25) is 0 Å². The van der Waals surface area contributed by atoms with Crippen LogP contribution in [0.3, 0.4) is 0 Å². The molecule has 3 heterocycles. The molecule has 1 aliphatic rings. The Labute approximate surface area is 126 Å². The van der Waals surface area contributed by atoms with Crippen molar-refractivity contribution in [3.05, 3.63) is 30.2 Å². The molecule has 21 heavy (non-hydrogen) atoms. The summed E-state index contributed by atoms with van der Waals surface area (Å²) in [4.78, 5) is 7.38. The lowest BCUT2D eigenvalue weighted by Crippen LogP contribution is -2.56. The molecule has 1 N–H and O–H groups in total. The van der Waals surface area contributed by atoms with Crippen molar-refractivity contribution in [2.75, 3.05) is 13.1 Å². The Kier molecular flexibility index (Phi) is 4.22. The molecule has 0 saturated carbocycles. The zero-order valence-corrected chi connectivity index (χ0v) is 13.2. The van der Waals surface area contributed by atoms with E-state index in [-0.39, 0.29) is 0 Å². The monoisotopic (exact) mass is 287 g/mol. The van der Waals surface area contributed by atoms with Crippen molar-refractivity contribution in [3.8, 4) is 0 Å². The van der Waals surface area contributed by atoms with E-state index in [2.05, 4.69) is 42.2 Å². The molecule has 1 aliphatic heterocycles. The van der Waals surface area contributed by atoms with E-state index >= 15 is 0 Å². The molecule has 5 nitrogen and oxygen atoms in total. The molecule has 3 atom stereocenters. The molecule has 0 aromatic carbocycles. The van der Waals surface area contributed by atoms with Crippen molar-refractivity contribution in [2.24, 2.45) is 0 Å². The van der Waals surface area contributed by atoms with Crippen LogP contribution in [-0.2, 0) is 0 Å². The minimum absolute atomic E-state index is 0.339. The molecule has 2 aromatic rings. The minimum atomic E-state index is 0.339. The molecule has 0 radical (unpaired) electrons. The van der Waals surface area contributed by atoms with Gasteiger partial charge in [-0.15, -0.1) is 0 Å². The van der Waals surface area contributed by atoms with Gasteiger partial charge in [0.1, 0.15) is 0 Å². The Morgan fingerprint density at radius 3 is 2.95 bits per heavy atom. The van der Waals surface area contributed by atoms with E-state index < -0.39 is 0 Å². The van der Waals surface area contributed by atoms with Gasteiger partial charge in [-0.2, -0.15) is 5.10 Å². The van der Waals surface area contributed by atoms with Gasteiger partial charge >= 0.3 is 0 Å². The van der Waals surface area contributed by atoms with E-state index in [0.29, 0.717) is 18.1 Å². The van der Waals surface area contributed by atoms with E-state index in [0.717, 1.165) is 24.4 Å². The summed E-state index contributed by atoms with van der Waals surface area (Å²) in [6.45, 7) is 8.97. The molecule has 5 heteroatoms. The highest BCUT2D eigenvalue weighted by molar-refractivity contribution is 5.36. The molecule has 3 rings (SSSR count). The maximum absolute atomic E-state index is 4.77. The molecule has 1 fully saturated rings. The van der Waals surface area contributed by atoms with Crippen molar-refractivity contribution in [1.82, 2.24) is 24.8 Å². The standard InChI is InChI=1S/C16H25N5/c1-4-13-11-20(14(5-2)10-17-13)12(3)15-7-9-21-16(19-15)6-8-18-21/h6-9,12-14,17H,4-5,10-11H2,1-3H3/t12?,13-,14+/m0/s1. The fraction of sp³-hybridized carbons (Fsp3) is 0.625. The third-order valence-electron chi connectivity index (χ3n) is 4.71. The van der Waals surface area contributed by atoms with E-state index in [1.54, 1.807) is 6.20 Å². The van der Waals surface area contributed by atoms with Gasteiger partial charge in [-0.05, 0) is 25.8 Å². The lowest BCUT2D eigenvalue weighted by molar-refractivity contribution is 0.0832. The largest absolute Gasteiger partial charge is 0.311 e. The number of piperazine rings is 1. The quantitative estimate of drug-likeness (QED) is 0.937. The molecule has 114 valence electrons. The van der Waals surface area contributed by atoms with Gasteiger partial charge in [-0.25, -0.2) is 9.50 Å². The fourth-order valence-corrected chi connectivity index (χ4v) is 3.24. The van der Waals surface area contributed by atoms with Crippen molar-refractivity contribution in [1.29, 1.82) is 0 Å². The van der Waals surface area contributed by atoms with Gasteiger partial charge in [-0.3, -0.25) is 4.90 Å². The first kappa shape index (κ1) is 14.5. The second kappa shape index (κ2) is 6.12. The number of hydrogen-bond acceptors (Lipinski definition) is 4. The Morgan fingerprint density at radius 1 is 1.33 bits per heavy atom. The van der Waals surface area contributed by atoms with Crippen LogP contribution in [0.5, 0.6) is 0 Å². The average Bonchev–Trinajstić information content (AvgIpc) is 3.01. The van der Waals surface area contributed by atoms with Crippen LogP contribution in [0.15, 0.2) is 24.5 Å². The molecule has 1 unspecified atom stereocenters. The normalized spacial score (nSPS) is 25.3. The SMILES string of the molecule is CC[C@H]1CN(C(C)c2ccn3nccc3n2)[C@H](CC)CN1. The highest BCUT2D eigenvalue weighted by atomic mass is 15.3. The summed E-state index contributed by atoms with van der Waals surface area (Å²) < 4.78 is 1.82. The zero-order valence-electron chi connectivity index (χ0n) is 13.2. The first-order valence-corrected chi connectivity index (χ1v) is 8.02. The maximum atomic E-state index is 4.77. The number of fused-ring (bicyclic) bond motifs is 1. The van der Waals surface area contributed by atoms with Gasteiger partial charge in [-0.1, -0.05) is 13.8 Å². The van der Waals surface area contributed by atoms with E-state index in [4.69, 9.17) is 4.98 Å². The Hall–Kier alpha value is -1.46. The number of hydrogen-bond donors (Lipinski definition) is 1. The van der Waals surface area contributed by atoms with Crippen LogP contribution in [0.4, 0.5) is 0 Å². The maximum Gasteiger partial charge on any atom is 0.155 e. The van der Waals surface area contributed by atoms with Crippen LogP contribution in [0, 0.1) is 0 Å². The molecule has 0 aliphatic carbocycles. The molecule has 0 bridgehead atoms. The van der Waals surface area contributed by atoms with E-state index in [1.807, 2.05) is 16.8 Å². The van der Waals surface area contributed by atoms with Gasteiger partial charge < -0.3 is 5.32 Å². The van der Waals surface area contributed by atoms with Crippen molar-refractivity contribution in [2.45, 2.75) is 51.7 Å². The number of nitrogens with one attached hydrogen (secondary N) is 1. The van der Waals surface area contributed by atoms with Gasteiger partial charge in [0, 0.05) is 43.5 Å². The zero-order chi connectivity index (χ0) is 14.8. The van der Waals surface area contributed by atoms with Crippen molar-refractivity contribution in [3.63, 3.8) is 0 Å². The number of rotatable bonds is 4. The summed E-state index contributed by atoms with van der Waals surface area (Å²) in [6, 6.07) is 5.58. The van der Waals surface area contributed by atoms with Crippen LogP contribution in [0.25, 0.3) is 5.65 Å². The third kappa shape index (κ3) is 2.80. The van der Waals surface area contributed by atoms with Crippen LogP contribution in [0.1, 0.15) is 45.3 Å². The first-order chi connectivity index (χ1) is 10.2. The summed E-state index contributed by atoms with van der Waals surface area (Å²) in [5.74, 6) is 0. The summed E-state index contributed by atoms with van der Waals surface area (Å²) in [6.07, 6.45) is 6.15. The topological polar surface area (TPSA) is 45.5 Å². The predicted octanol–water partition coefficient (Wildman–Crippen LogP) is 2.25. The molecule has 0 amide bonds. The van der Waals surface area contributed by atoms with Crippen LogP contribution < -0.4 is 5.32 Å². The summed E-state index contributed by atoms with van der Waals surface area (Å²) in [5.41, 5.74) is 2.06. The molecule has 0 spiro atoms. The first-order valence-electron chi connectivity index (χ1n) is 8.02. The summed E-state index contributed by atoms with van der Waals surface area (Å²) in [5, 5.41) is 7.87. The van der Waals surface area contributed by atoms with Crippen LogP contribution in [-0.4, -0.2) is 44.7 Å². The number of nitrogens with zero attached hydrogens (tertiary/aromatic N) is 4. The minimum Gasteiger partial charge on any atom is -0.311 e. The summed E-state index contributed by atoms with van der Waals surface area (Å²) in [7, 11) is 0. The second-order valence-electron chi connectivity index (χ2n) is 5.93. The molecule has 1 saturated heterocycles. The average molecular weight is 287 g/mol. The Morgan fingerprint density at radius 2 is 2.19 bits per heavy atom. The van der Waals surface area contributed by atoms with Gasteiger partial charge in [0.2, 0.25) is 0 Å². The van der Waals surface area contributed by atoms with Crippen LogP contribution >= 0.6 is 0 Å². The second-order valence-corrected chi connectivity index (χ2v) is 5.93. The van der Waals surface area contributed by atoms with E-state index in [9.17, 15) is 0 Å². The Balaban J connectivity index is 1.85. The predicted molar refractivity (Wildman–Crippen MR) is 84.3 cm³/mol. The van der Waals surface area contributed by atoms with Crippen molar-refractivity contribution >= 4 is 5.65 Å². The van der Waals surface area contributed by atoms with Gasteiger partial charge in [0.15, 0.2) is 5.65 Å². The molecule has 2 aromatic heterocycles. The van der Waals surface area contributed by atoms with Gasteiger partial charge in [0.25, 0.3) is 0 Å². The number of aromatic nitrogens is 3. The third-order valence-corrected chi connectivity index (χ3v) is 4.71. The lowest BCUT2D eigenvalue weighted by Gasteiger charge is -2.43. The summed E-state index contributed by atoms with van der Waals surface area (Å²) >= 11 is 0. The van der Waals surface area contributed by atoms with Gasteiger partial charge in [0.05, 0.1) is 11.9 Å². The van der Waals surface area contributed by atoms with E-state index in [1.165, 1.54) is 12.8 Å². The molecular weight excluding hydrogens is 262 g/mol. The lowest BCUT2D eigenvalue weighted by atomic mass is 10.0. The highest BCUT2D eigenvalue weighted by Gasteiger charge is 2.30. The highest BCUT2D eigenvalue weighted by Crippen LogP contribution is 2.25. The van der Waals surface area contributed by atoms with Crippen molar-refractivity contribution < 1.29 is 0 Å². The Bertz CT molecular complexity index is 593. The smallest absolute Gasteiger partial charge is 0.155 e.